The Labute approximate surface area is 243 Å². The third kappa shape index (κ3) is 5.21. The molecule has 1 saturated carbocycles. The molecule has 6 rings (SSSR count). The van der Waals surface area contributed by atoms with Crippen LogP contribution in [-0.4, -0.2) is 35.2 Å². The van der Waals surface area contributed by atoms with Gasteiger partial charge in [-0.3, -0.25) is 4.99 Å². The van der Waals surface area contributed by atoms with Gasteiger partial charge in [-0.2, -0.15) is 0 Å². The second-order valence-corrected chi connectivity index (χ2v) is 11.8. The predicted octanol–water partition coefficient (Wildman–Crippen LogP) is 5.86. The third-order valence-corrected chi connectivity index (χ3v) is 9.32. The van der Waals surface area contributed by atoms with E-state index in [0.717, 1.165) is 49.5 Å². The van der Waals surface area contributed by atoms with Gasteiger partial charge in [-0.1, -0.05) is 17.7 Å². The topological polar surface area (TPSA) is 107 Å². The number of aliphatic imine (C=N–C) groups is 1. The molecule has 12 heteroatoms. The van der Waals surface area contributed by atoms with Gasteiger partial charge in [0.25, 0.3) is 0 Å². The highest BCUT2D eigenvalue weighted by Crippen LogP contribution is 2.43. The largest absolute Gasteiger partial charge is 0.466 e. The lowest BCUT2D eigenvalue weighted by molar-refractivity contribution is -0.136. The summed E-state index contributed by atoms with van der Waals surface area (Å²) < 4.78 is 40.0. The van der Waals surface area contributed by atoms with E-state index in [2.05, 4.69) is 10.3 Å². The van der Waals surface area contributed by atoms with Gasteiger partial charge in [0.15, 0.2) is 28.4 Å². The van der Waals surface area contributed by atoms with E-state index in [0.29, 0.717) is 41.7 Å². The van der Waals surface area contributed by atoms with Gasteiger partial charge in [0, 0.05) is 47.0 Å². The number of ether oxygens (including phenoxy) is 1. The number of oxazole rings is 1. The Bertz CT molecular complexity index is 1550. The molecule has 2 atom stereocenters. The number of fused-ring (bicyclic) bond motifs is 1. The number of carbonyl (C=O) groups is 2. The van der Waals surface area contributed by atoms with E-state index in [-0.39, 0.29) is 28.9 Å². The number of methoxy groups -OCH3 is 1. The van der Waals surface area contributed by atoms with E-state index in [4.69, 9.17) is 30.7 Å². The van der Waals surface area contributed by atoms with Crippen LogP contribution in [0.25, 0.3) is 0 Å². The summed E-state index contributed by atoms with van der Waals surface area (Å²) in [6, 6.07) is 1.25. The van der Waals surface area contributed by atoms with E-state index < -0.39 is 28.7 Å². The number of aromatic nitrogens is 2. The van der Waals surface area contributed by atoms with Crippen molar-refractivity contribution in [1.29, 1.82) is 0 Å². The fraction of sp³-hybridized carbons (Fsp3) is 0.414. The van der Waals surface area contributed by atoms with Crippen LogP contribution in [0.2, 0.25) is 5.02 Å². The number of allylic oxidation sites excluding steroid dienone is 1. The van der Waals surface area contributed by atoms with E-state index >= 15 is 0 Å². The maximum absolute atomic E-state index is 14.6. The van der Waals surface area contributed by atoms with Crippen LogP contribution < -0.4 is 5.32 Å². The van der Waals surface area contributed by atoms with Crippen LogP contribution in [0, 0.1) is 23.5 Å². The Hall–Kier alpha value is -3.44. The molecule has 3 aliphatic rings. The van der Waals surface area contributed by atoms with Crippen LogP contribution in [0.1, 0.15) is 72.0 Å². The minimum atomic E-state index is -1.21. The highest BCUT2D eigenvalue weighted by atomic mass is 35.5. The lowest BCUT2D eigenvalue weighted by atomic mass is 9.82. The molecule has 2 unspecified atom stereocenters. The van der Waals surface area contributed by atoms with Gasteiger partial charge >= 0.3 is 5.97 Å². The molecule has 3 aromatic rings. The number of aryl methyl sites for hydroxylation is 1. The Kier molecular flexibility index (Phi) is 7.74. The maximum Gasteiger partial charge on any atom is 0.338 e. The zero-order valence-electron chi connectivity index (χ0n) is 22.2. The first kappa shape index (κ1) is 27.7. The summed E-state index contributed by atoms with van der Waals surface area (Å²) in [4.78, 5) is 38.3. The lowest BCUT2D eigenvalue weighted by Gasteiger charge is -2.32. The Morgan fingerprint density at radius 1 is 1.20 bits per heavy atom. The van der Waals surface area contributed by atoms with Crippen molar-refractivity contribution in [3.8, 4) is 0 Å². The summed E-state index contributed by atoms with van der Waals surface area (Å²) in [6.45, 7) is 0. The standard InChI is InChI=1S/C29H27ClF2N4O4S/c1-39-29(38)21-24(16-6-9-19-20(12-16)40-27(34-19)15-4-2-14(13-37)3-5-15)35-26(28-33-10-11-41-28)36-25(21)17-7-8-18(31)23(32)22(17)30/h7-8,10-11,13-16,25H,2-6,9,12H2,1H3,(H,35,36)/t14-,15-,16?,25?. The summed E-state index contributed by atoms with van der Waals surface area (Å²) in [7, 11) is 1.26. The van der Waals surface area contributed by atoms with Crippen LogP contribution in [0.3, 0.4) is 0 Å². The minimum Gasteiger partial charge on any atom is -0.466 e. The van der Waals surface area contributed by atoms with Crippen molar-refractivity contribution in [1.82, 2.24) is 15.3 Å². The number of carbonyl (C=O) groups excluding carboxylic acids is 2. The Morgan fingerprint density at radius 3 is 2.71 bits per heavy atom. The Morgan fingerprint density at radius 2 is 2.00 bits per heavy atom. The third-order valence-electron chi connectivity index (χ3n) is 8.15. The summed E-state index contributed by atoms with van der Waals surface area (Å²) in [5.74, 6) is -1.04. The number of nitrogens with one attached hydrogen (secondary N) is 1. The summed E-state index contributed by atoms with van der Waals surface area (Å²) >= 11 is 7.63. The number of esters is 1. The van der Waals surface area contributed by atoms with Gasteiger partial charge in [0.1, 0.15) is 18.1 Å². The number of rotatable bonds is 6. The van der Waals surface area contributed by atoms with Gasteiger partial charge in [-0.25, -0.2) is 23.5 Å². The van der Waals surface area contributed by atoms with Crippen LogP contribution in [0.15, 0.2) is 44.4 Å². The normalized spacial score (nSPS) is 24.3. The van der Waals surface area contributed by atoms with E-state index in [1.807, 2.05) is 0 Å². The number of hydrogen-bond donors (Lipinski definition) is 1. The van der Waals surface area contributed by atoms with Crippen molar-refractivity contribution in [3.63, 3.8) is 0 Å². The number of amidine groups is 1. The summed E-state index contributed by atoms with van der Waals surface area (Å²) in [5, 5.41) is 5.23. The van der Waals surface area contributed by atoms with Crippen molar-refractivity contribution >= 4 is 41.0 Å². The van der Waals surface area contributed by atoms with Crippen molar-refractivity contribution in [3.05, 3.63) is 79.6 Å². The number of benzene rings is 1. The highest BCUT2D eigenvalue weighted by molar-refractivity contribution is 7.11. The second-order valence-electron chi connectivity index (χ2n) is 10.5. The number of halogens is 3. The molecule has 0 amide bonds. The van der Waals surface area contributed by atoms with Gasteiger partial charge in [-0.15, -0.1) is 11.3 Å². The van der Waals surface area contributed by atoms with Gasteiger partial charge in [0.05, 0.1) is 23.4 Å². The molecule has 0 saturated heterocycles. The highest BCUT2D eigenvalue weighted by Gasteiger charge is 2.39. The maximum atomic E-state index is 14.6. The first-order valence-corrected chi connectivity index (χ1v) is 14.8. The molecule has 8 nitrogen and oxygen atoms in total. The second kappa shape index (κ2) is 11.4. The SMILES string of the molecule is COC(=O)C1=C(C2CCc3nc([C@H]4CC[C@H](C=O)CC4)oc3C2)NC(c2nccs2)=NC1c1ccc(F)c(F)c1Cl. The predicted molar refractivity (Wildman–Crippen MR) is 148 cm³/mol. The van der Waals surface area contributed by atoms with Crippen LogP contribution in [0.4, 0.5) is 8.78 Å². The van der Waals surface area contributed by atoms with Crippen LogP contribution >= 0.6 is 22.9 Å². The smallest absolute Gasteiger partial charge is 0.338 e. The summed E-state index contributed by atoms with van der Waals surface area (Å²) in [6.07, 6.45) is 7.80. The van der Waals surface area contributed by atoms with E-state index in [1.165, 1.54) is 24.5 Å². The molecule has 2 aliphatic carbocycles. The first-order chi connectivity index (χ1) is 19.9. The van der Waals surface area contributed by atoms with Crippen molar-refractivity contribution in [2.24, 2.45) is 16.8 Å². The molecule has 0 spiro atoms. The molecule has 1 aromatic carbocycles. The fourth-order valence-corrected chi connectivity index (χ4v) is 6.81. The molecular formula is C29H27ClF2N4O4S. The Balaban J connectivity index is 1.38. The molecule has 214 valence electrons. The molecule has 1 aliphatic heterocycles. The molecule has 3 heterocycles. The molecule has 0 radical (unpaired) electrons. The molecule has 2 aromatic heterocycles. The molecular weight excluding hydrogens is 574 g/mol. The van der Waals surface area contributed by atoms with Crippen molar-refractivity contribution in [2.75, 3.05) is 7.11 Å². The van der Waals surface area contributed by atoms with Gasteiger partial charge in [-0.05, 0) is 44.6 Å². The van der Waals surface area contributed by atoms with Gasteiger partial charge < -0.3 is 19.3 Å². The van der Waals surface area contributed by atoms with Crippen LogP contribution in [0.5, 0.6) is 0 Å². The van der Waals surface area contributed by atoms with Gasteiger partial charge in [0.2, 0.25) is 0 Å². The minimum absolute atomic E-state index is 0.103. The monoisotopic (exact) mass is 600 g/mol. The zero-order chi connectivity index (χ0) is 28.7. The average molecular weight is 601 g/mol. The molecule has 1 fully saturated rings. The lowest BCUT2D eigenvalue weighted by Crippen LogP contribution is -2.38. The fourth-order valence-electron chi connectivity index (χ4n) is 5.97. The van der Waals surface area contributed by atoms with Crippen LogP contribution in [-0.2, 0) is 27.2 Å². The van der Waals surface area contributed by atoms with E-state index in [1.54, 1.807) is 11.6 Å². The number of thiazole rings is 1. The average Bonchev–Trinajstić information content (AvgIpc) is 3.69. The zero-order valence-corrected chi connectivity index (χ0v) is 23.7. The quantitative estimate of drug-likeness (QED) is 0.215. The number of nitrogens with zero attached hydrogens (tertiary/aromatic N) is 3. The van der Waals surface area contributed by atoms with E-state index in [9.17, 15) is 18.4 Å². The molecule has 41 heavy (non-hydrogen) atoms. The van der Waals surface area contributed by atoms with Crippen molar-refractivity contribution < 1.29 is 27.5 Å². The molecule has 1 N–H and O–H groups in total. The first-order valence-electron chi connectivity index (χ1n) is 13.5. The summed E-state index contributed by atoms with van der Waals surface area (Å²) in [5.41, 5.74) is 1.77. The molecule has 0 bridgehead atoms. The number of hydrogen-bond acceptors (Lipinski definition) is 9. The van der Waals surface area contributed by atoms with Crippen molar-refractivity contribution in [2.45, 2.75) is 56.9 Å². The number of aldehydes is 1.